The Bertz CT molecular complexity index is 312. The van der Waals surface area contributed by atoms with Crippen LogP contribution in [0.3, 0.4) is 0 Å². The number of rotatable bonds is 3. The molecule has 4 nitrogen and oxygen atoms in total. The summed E-state index contributed by atoms with van der Waals surface area (Å²) >= 11 is 0. The monoisotopic (exact) mass is 180 g/mol. The van der Waals surface area contributed by atoms with Gasteiger partial charge in [0.2, 0.25) is 5.91 Å². The van der Waals surface area contributed by atoms with Crippen LogP contribution in [0.5, 0.6) is 5.75 Å². The summed E-state index contributed by atoms with van der Waals surface area (Å²) in [6, 6.07) is 6.22. The van der Waals surface area contributed by atoms with Crippen molar-refractivity contribution in [3.05, 3.63) is 29.8 Å². The van der Waals surface area contributed by atoms with Gasteiger partial charge in [-0.25, -0.2) is 0 Å². The van der Waals surface area contributed by atoms with E-state index in [4.69, 9.17) is 16.2 Å². The van der Waals surface area contributed by atoms with E-state index in [0.717, 1.165) is 0 Å². The lowest BCUT2D eigenvalue weighted by atomic mass is 10.1. The van der Waals surface area contributed by atoms with Gasteiger partial charge < -0.3 is 16.2 Å². The van der Waals surface area contributed by atoms with Crippen molar-refractivity contribution < 1.29 is 9.53 Å². The maximum absolute atomic E-state index is 10.8. The van der Waals surface area contributed by atoms with Gasteiger partial charge in [-0.3, -0.25) is 4.79 Å². The van der Waals surface area contributed by atoms with Crippen LogP contribution in [0.15, 0.2) is 24.3 Å². The van der Waals surface area contributed by atoms with E-state index in [0.29, 0.717) is 11.3 Å². The highest BCUT2D eigenvalue weighted by Gasteiger charge is 2.15. The molecule has 4 N–H and O–H groups in total. The van der Waals surface area contributed by atoms with E-state index in [1.807, 2.05) is 0 Å². The lowest BCUT2D eigenvalue weighted by molar-refractivity contribution is -0.119. The molecule has 1 atom stereocenters. The minimum absolute atomic E-state index is 0.565. The van der Waals surface area contributed by atoms with Crippen LogP contribution in [0, 0.1) is 0 Å². The van der Waals surface area contributed by atoms with Gasteiger partial charge >= 0.3 is 0 Å². The van der Waals surface area contributed by atoms with Crippen molar-refractivity contribution in [3.8, 4) is 5.75 Å². The van der Waals surface area contributed by atoms with Gasteiger partial charge in [-0.05, 0) is 6.07 Å². The summed E-state index contributed by atoms with van der Waals surface area (Å²) in [7, 11) is 1.52. The van der Waals surface area contributed by atoms with Crippen molar-refractivity contribution in [2.75, 3.05) is 7.11 Å². The molecule has 1 aromatic rings. The second-order valence-electron chi connectivity index (χ2n) is 2.62. The summed E-state index contributed by atoms with van der Waals surface area (Å²) in [5, 5.41) is 0. The molecular weight excluding hydrogens is 168 g/mol. The third-order valence-electron chi connectivity index (χ3n) is 1.78. The normalized spacial score (nSPS) is 12.2. The minimum atomic E-state index is -0.809. The first-order chi connectivity index (χ1) is 6.16. The first-order valence-electron chi connectivity index (χ1n) is 3.84. The zero-order valence-electron chi connectivity index (χ0n) is 7.36. The molecule has 0 aliphatic rings. The molecule has 70 valence electrons. The van der Waals surface area contributed by atoms with Crippen molar-refractivity contribution in [2.24, 2.45) is 11.5 Å². The number of carbonyl (C=O) groups excluding carboxylic acids is 1. The molecule has 0 unspecified atom stereocenters. The molecule has 0 spiro atoms. The standard InChI is InChI=1S/C9H12N2O2/c1-13-7-5-3-2-4-6(7)8(10)9(11)12/h2-5,8H,10H2,1H3,(H2,11,12)/t8-/m0/s1. The zero-order chi connectivity index (χ0) is 9.84. The highest BCUT2D eigenvalue weighted by Crippen LogP contribution is 2.22. The smallest absolute Gasteiger partial charge is 0.239 e. The van der Waals surface area contributed by atoms with Crippen LogP contribution in [0.4, 0.5) is 0 Å². The Balaban J connectivity index is 3.05. The van der Waals surface area contributed by atoms with Crippen molar-refractivity contribution in [2.45, 2.75) is 6.04 Å². The Hall–Kier alpha value is -1.55. The van der Waals surface area contributed by atoms with E-state index in [1.165, 1.54) is 7.11 Å². The number of nitrogens with two attached hydrogens (primary N) is 2. The largest absolute Gasteiger partial charge is 0.496 e. The first-order valence-corrected chi connectivity index (χ1v) is 3.84. The third kappa shape index (κ3) is 1.97. The zero-order valence-corrected chi connectivity index (χ0v) is 7.36. The molecule has 0 aliphatic carbocycles. The number of ether oxygens (including phenoxy) is 1. The van der Waals surface area contributed by atoms with E-state index in [-0.39, 0.29) is 0 Å². The predicted octanol–water partition coefficient (Wildman–Crippen LogP) is 0.180. The maximum atomic E-state index is 10.8. The fraction of sp³-hybridized carbons (Fsp3) is 0.222. The van der Waals surface area contributed by atoms with E-state index in [1.54, 1.807) is 24.3 Å². The lowest BCUT2D eigenvalue weighted by Crippen LogP contribution is -2.28. The Morgan fingerprint density at radius 3 is 2.62 bits per heavy atom. The van der Waals surface area contributed by atoms with Crippen LogP contribution in [-0.2, 0) is 4.79 Å². The van der Waals surface area contributed by atoms with Crippen molar-refractivity contribution >= 4 is 5.91 Å². The molecule has 0 saturated heterocycles. The SMILES string of the molecule is COc1ccccc1[C@H](N)C(N)=O. The highest BCUT2D eigenvalue weighted by molar-refractivity contribution is 5.82. The van der Waals surface area contributed by atoms with Crippen LogP contribution < -0.4 is 16.2 Å². The van der Waals surface area contributed by atoms with E-state index in [9.17, 15) is 4.79 Å². The summed E-state index contributed by atoms with van der Waals surface area (Å²) in [6.07, 6.45) is 0. The average Bonchev–Trinajstić information content (AvgIpc) is 2.16. The Morgan fingerprint density at radius 1 is 1.46 bits per heavy atom. The van der Waals surface area contributed by atoms with Gasteiger partial charge in [0.05, 0.1) is 7.11 Å². The number of amides is 1. The second kappa shape index (κ2) is 3.91. The maximum Gasteiger partial charge on any atom is 0.239 e. The van der Waals surface area contributed by atoms with Crippen LogP contribution in [0.1, 0.15) is 11.6 Å². The molecule has 0 heterocycles. The molecule has 0 aliphatic heterocycles. The molecule has 0 fully saturated rings. The number of hydrogen-bond acceptors (Lipinski definition) is 3. The summed E-state index contributed by atoms with van der Waals surface area (Å²) in [6.45, 7) is 0. The molecule has 0 saturated carbocycles. The minimum Gasteiger partial charge on any atom is -0.496 e. The van der Waals surface area contributed by atoms with Crippen molar-refractivity contribution in [1.82, 2.24) is 0 Å². The van der Waals surface area contributed by atoms with E-state index >= 15 is 0 Å². The topological polar surface area (TPSA) is 78.3 Å². The molecular formula is C9H12N2O2. The Kier molecular flexibility index (Phi) is 2.87. The molecule has 13 heavy (non-hydrogen) atoms. The van der Waals surface area contributed by atoms with Gasteiger partial charge in [0.15, 0.2) is 0 Å². The predicted molar refractivity (Wildman–Crippen MR) is 49.1 cm³/mol. The van der Waals surface area contributed by atoms with Crippen molar-refractivity contribution in [3.63, 3.8) is 0 Å². The van der Waals surface area contributed by atoms with Gasteiger partial charge in [-0.2, -0.15) is 0 Å². The highest BCUT2D eigenvalue weighted by atomic mass is 16.5. The Morgan fingerprint density at radius 2 is 2.08 bits per heavy atom. The van der Waals surface area contributed by atoms with Crippen LogP contribution in [0.2, 0.25) is 0 Å². The van der Waals surface area contributed by atoms with Crippen LogP contribution >= 0.6 is 0 Å². The van der Waals surface area contributed by atoms with Gasteiger partial charge in [0, 0.05) is 5.56 Å². The van der Waals surface area contributed by atoms with Gasteiger partial charge in [-0.1, -0.05) is 18.2 Å². The molecule has 0 bridgehead atoms. The average molecular weight is 180 g/mol. The molecule has 1 rings (SSSR count). The molecule has 1 amide bonds. The van der Waals surface area contributed by atoms with Crippen molar-refractivity contribution in [1.29, 1.82) is 0 Å². The molecule has 0 radical (unpaired) electrons. The summed E-state index contributed by atoms with van der Waals surface area (Å²) in [4.78, 5) is 10.8. The number of hydrogen-bond donors (Lipinski definition) is 2. The van der Waals surface area contributed by atoms with Gasteiger partial charge in [0.1, 0.15) is 11.8 Å². The van der Waals surface area contributed by atoms with Gasteiger partial charge in [0.25, 0.3) is 0 Å². The fourth-order valence-corrected chi connectivity index (χ4v) is 1.08. The lowest BCUT2D eigenvalue weighted by Gasteiger charge is -2.11. The summed E-state index contributed by atoms with van der Waals surface area (Å²) < 4.78 is 5.03. The summed E-state index contributed by atoms with van der Waals surface area (Å²) in [5.41, 5.74) is 11.2. The van der Waals surface area contributed by atoms with E-state index in [2.05, 4.69) is 0 Å². The number of benzene rings is 1. The first kappa shape index (κ1) is 9.54. The van der Waals surface area contributed by atoms with Crippen LogP contribution in [-0.4, -0.2) is 13.0 Å². The molecule has 0 aromatic heterocycles. The molecule has 4 heteroatoms. The summed E-state index contributed by atoms with van der Waals surface area (Å²) in [5.74, 6) is 0.0123. The number of carbonyl (C=O) groups is 1. The van der Waals surface area contributed by atoms with Crippen LogP contribution in [0.25, 0.3) is 0 Å². The number of primary amides is 1. The third-order valence-corrected chi connectivity index (χ3v) is 1.78. The fourth-order valence-electron chi connectivity index (χ4n) is 1.08. The van der Waals surface area contributed by atoms with E-state index < -0.39 is 11.9 Å². The molecule has 1 aromatic carbocycles. The second-order valence-corrected chi connectivity index (χ2v) is 2.62. The van der Waals surface area contributed by atoms with Gasteiger partial charge in [-0.15, -0.1) is 0 Å². The Labute approximate surface area is 76.5 Å². The number of para-hydroxylation sites is 1. The number of methoxy groups -OCH3 is 1. The quantitative estimate of drug-likeness (QED) is 0.696.